The lowest BCUT2D eigenvalue weighted by molar-refractivity contribution is 0.101. The lowest BCUT2D eigenvalue weighted by atomic mass is 9.84. The highest BCUT2D eigenvalue weighted by Gasteiger charge is 2.26. The molecule has 0 aliphatic carbocycles. The summed E-state index contributed by atoms with van der Waals surface area (Å²) in [7, 11) is 0. The highest BCUT2D eigenvalue weighted by atomic mass is 15.2. The van der Waals surface area contributed by atoms with Gasteiger partial charge in [0.2, 0.25) is 0 Å². The van der Waals surface area contributed by atoms with Crippen molar-refractivity contribution in [1.82, 2.24) is 10.2 Å². The molecule has 0 bridgehead atoms. The van der Waals surface area contributed by atoms with E-state index in [1.54, 1.807) is 0 Å². The van der Waals surface area contributed by atoms with Gasteiger partial charge >= 0.3 is 0 Å². The number of hydrogen-bond acceptors (Lipinski definition) is 2. The minimum absolute atomic E-state index is 0.801. The van der Waals surface area contributed by atoms with Crippen molar-refractivity contribution >= 4 is 0 Å². The Morgan fingerprint density at radius 1 is 1.22 bits per heavy atom. The third-order valence-corrected chi connectivity index (χ3v) is 5.52. The SMILES string of the molecule is CC(CCN1CCCC(C)C1C)C1CCCNC1. The third kappa shape index (κ3) is 3.71. The van der Waals surface area contributed by atoms with Crippen molar-refractivity contribution in [1.29, 1.82) is 0 Å². The summed E-state index contributed by atoms with van der Waals surface area (Å²) in [5, 5.41) is 3.56. The van der Waals surface area contributed by atoms with Crippen LogP contribution in [0.3, 0.4) is 0 Å². The van der Waals surface area contributed by atoms with Gasteiger partial charge in [0, 0.05) is 6.04 Å². The first-order chi connectivity index (χ1) is 8.68. The van der Waals surface area contributed by atoms with Gasteiger partial charge < -0.3 is 10.2 Å². The monoisotopic (exact) mass is 252 g/mol. The molecule has 4 atom stereocenters. The van der Waals surface area contributed by atoms with E-state index in [2.05, 4.69) is 31.0 Å². The summed E-state index contributed by atoms with van der Waals surface area (Å²) in [6.45, 7) is 12.5. The number of rotatable bonds is 4. The molecule has 2 aliphatic heterocycles. The van der Waals surface area contributed by atoms with Crippen LogP contribution in [0.4, 0.5) is 0 Å². The van der Waals surface area contributed by atoms with E-state index in [4.69, 9.17) is 0 Å². The summed E-state index contributed by atoms with van der Waals surface area (Å²) < 4.78 is 0. The van der Waals surface area contributed by atoms with Crippen LogP contribution in [0.5, 0.6) is 0 Å². The first kappa shape index (κ1) is 14.3. The first-order valence-corrected chi connectivity index (χ1v) is 8.13. The number of piperidine rings is 2. The molecule has 0 saturated carbocycles. The van der Waals surface area contributed by atoms with Crippen LogP contribution < -0.4 is 5.32 Å². The van der Waals surface area contributed by atoms with Gasteiger partial charge in [-0.05, 0) is 83.0 Å². The smallest absolute Gasteiger partial charge is 0.00925 e. The summed E-state index contributed by atoms with van der Waals surface area (Å²) in [4.78, 5) is 2.74. The van der Waals surface area contributed by atoms with Crippen LogP contribution in [0.15, 0.2) is 0 Å². The third-order valence-electron chi connectivity index (χ3n) is 5.52. The van der Waals surface area contributed by atoms with E-state index in [-0.39, 0.29) is 0 Å². The Labute approximate surface area is 114 Å². The van der Waals surface area contributed by atoms with E-state index >= 15 is 0 Å². The fourth-order valence-electron chi connectivity index (χ4n) is 3.71. The largest absolute Gasteiger partial charge is 0.316 e. The molecule has 106 valence electrons. The van der Waals surface area contributed by atoms with Crippen molar-refractivity contribution in [3.05, 3.63) is 0 Å². The van der Waals surface area contributed by atoms with Gasteiger partial charge in [0.25, 0.3) is 0 Å². The molecule has 2 fully saturated rings. The normalized spacial score (nSPS) is 36.5. The van der Waals surface area contributed by atoms with E-state index in [1.807, 2.05) is 0 Å². The Kier molecular flexibility index (Phi) is 5.50. The quantitative estimate of drug-likeness (QED) is 0.827. The van der Waals surface area contributed by atoms with Gasteiger partial charge in [-0.1, -0.05) is 13.8 Å². The average Bonchev–Trinajstić information content (AvgIpc) is 2.41. The highest BCUT2D eigenvalue weighted by molar-refractivity contribution is 4.80. The predicted octanol–water partition coefficient (Wildman–Crippen LogP) is 3.13. The van der Waals surface area contributed by atoms with Crippen molar-refractivity contribution in [2.75, 3.05) is 26.2 Å². The van der Waals surface area contributed by atoms with Gasteiger partial charge in [0.15, 0.2) is 0 Å². The summed E-state index contributed by atoms with van der Waals surface area (Å²) in [5.41, 5.74) is 0. The van der Waals surface area contributed by atoms with E-state index < -0.39 is 0 Å². The van der Waals surface area contributed by atoms with E-state index in [1.165, 1.54) is 58.3 Å². The van der Waals surface area contributed by atoms with Crippen molar-refractivity contribution in [3.63, 3.8) is 0 Å². The second-order valence-corrected chi connectivity index (χ2v) is 6.77. The molecule has 0 radical (unpaired) electrons. The van der Waals surface area contributed by atoms with Gasteiger partial charge in [-0.15, -0.1) is 0 Å². The second kappa shape index (κ2) is 6.91. The van der Waals surface area contributed by atoms with E-state index in [0.29, 0.717) is 0 Å². The van der Waals surface area contributed by atoms with Crippen molar-refractivity contribution in [3.8, 4) is 0 Å². The van der Waals surface area contributed by atoms with Crippen LogP contribution in [0, 0.1) is 17.8 Å². The van der Waals surface area contributed by atoms with Crippen LogP contribution in [0.2, 0.25) is 0 Å². The van der Waals surface area contributed by atoms with Crippen LogP contribution in [-0.4, -0.2) is 37.1 Å². The number of nitrogens with zero attached hydrogens (tertiary/aromatic N) is 1. The minimum atomic E-state index is 0.801. The molecule has 2 heteroatoms. The first-order valence-electron chi connectivity index (χ1n) is 8.13. The molecule has 2 heterocycles. The summed E-state index contributed by atoms with van der Waals surface area (Å²) in [5.74, 6) is 2.71. The molecule has 0 spiro atoms. The van der Waals surface area contributed by atoms with Gasteiger partial charge in [-0.25, -0.2) is 0 Å². The number of likely N-dealkylation sites (tertiary alicyclic amines) is 1. The maximum atomic E-state index is 3.56. The molecule has 18 heavy (non-hydrogen) atoms. The Bertz CT molecular complexity index is 235. The Morgan fingerprint density at radius 3 is 2.78 bits per heavy atom. The Hall–Kier alpha value is -0.0800. The molecule has 2 nitrogen and oxygen atoms in total. The van der Waals surface area contributed by atoms with Crippen LogP contribution in [-0.2, 0) is 0 Å². The molecule has 0 aromatic carbocycles. The maximum Gasteiger partial charge on any atom is 0.00925 e. The molecule has 0 amide bonds. The van der Waals surface area contributed by atoms with E-state index in [9.17, 15) is 0 Å². The zero-order valence-electron chi connectivity index (χ0n) is 12.6. The molecule has 0 aromatic rings. The van der Waals surface area contributed by atoms with E-state index in [0.717, 1.165) is 23.8 Å². The fourth-order valence-corrected chi connectivity index (χ4v) is 3.71. The highest BCUT2D eigenvalue weighted by Crippen LogP contribution is 2.26. The number of nitrogens with one attached hydrogen (secondary N) is 1. The molecular weight excluding hydrogens is 220 g/mol. The van der Waals surface area contributed by atoms with Crippen LogP contribution in [0.1, 0.15) is 52.9 Å². The molecule has 2 aliphatic rings. The molecular formula is C16H32N2. The lowest BCUT2D eigenvalue weighted by Crippen LogP contribution is -2.43. The van der Waals surface area contributed by atoms with Crippen molar-refractivity contribution < 1.29 is 0 Å². The molecule has 2 saturated heterocycles. The zero-order chi connectivity index (χ0) is 13.0. The van der Waals surface area contributed by atoms with Gasteiger partial charge in [-0.3, -0.25) is 0 Å². The van der Waals surface area contributed by atoms with Crippen LogP contribution >= 0.6 is 0 Å². The zero-order valence-corrected chi connectivity index (χ0v) is 12.6. The predicted molar refractivity (Wildman–Crippen MR) is 78.8 cm³/mol. The average molecular weight is 252 g/mol. The summed E-state index contributed by atoms with van der Waals surface area (Å²) in [6.07, 6.45) is 7.06. The standard InChI is InChI=1S/C16H32N2/c1-13-6-5-10-18(15(13)3)11-8-14(2)16-7-4-9-17-12-16/h13-17H,4-12H2,1-3H3. The van der Waals surface area contributed by atoms with Crippen LogP contribution in [0.25, 0.3) is 0 Å². The second-order valence-electron chi connectivity index (χ2n) is 6.77. The number of hydrogen-bond donors (Lipinski definition) is 1. The molecule has 1 N–H and O–H groups in total. The topological polar surface area (TPSA) is 15.3 Å². The fraction of sp³-hybridized carbons (Fsp3) is 1.00. The summed E-state index contributed by atoms with van der Waals surface area (Å²) >= 11 is 0. The van der Waals surface area contributed by atoms with Gasteiger partial charge in [0.05, 0.1) is 0 Å². The Morgan fingerprint density at radius 2 is 2.06 bits per heavy atom. The lowest BCUT2D eigenvalue weighted by Gasteiger charge is -2.39. The molecule has 4 unspecified atom stereocenters. The van der Waals surface area contributed by atoms with Crippen molar-refractivity contribution in [2.24, 2.45) is 17.8 Å². The molecule has 2 rings (SSSR count). The molecule has 0 aromatic heterocycles. The van der Waals surface area contributed by atoms with Gasteiger partial charge in [-0.2, -0.15) is 0 Å². The Balaban J connectivity index is 1.72. The minimum Gasteiger partial charge on any atom is -0.316 e. The van der Waals surface area contributed by atoms with Crippen molar-refractivity contribution in [2.45, 2.75) is 58.9 Å². The van der Waals surface area contributed by atoms with Gasteiger partial charge in [0.1, 0.15) is 0 Å². The summed E-state index contributed by atoms with van der Waals surface area (Å²) in [6, 6.07) is 0.801. The maximum absolute atomic E-state index is 3.56.